The zero-order valence-electron chi connectivity index (χ0n) is 25.2. The third-order valence-electron chi connectivity index (χ3n) is 8.40. The highest BCUT2D eigenvalue weighted by Crippen LogP contribution is 2.33. The number of carbonyl (C=O) groups is 1. The van der Waals surface area contributed by atoms with E-state index < -0.39 is 64.9 Å². The summed E-state index contributed by atoms with van der Waals surface area (Å²) in [5.41, 5.74) is 0.701. The summed E-state index contributed by atoms with van der Waals surface area (Å²) in [6.07, 6.45) is -2.37. The molecule has 0 spiro atoms. The number of alkyl carbamates (subject to hydrolysis) is 1. The summed E-state index contributed by atoms with van der Waals surface area (Å²) >= 11 is 0. The molecule has 2 aromatic carbocycles. The van der Waals surface area contributed by atoms with Crippen LogP contribution in [0, 0.1) is 23.5 Å². The molecule has 44 heavy (non-hydrogen) atoms. The van der Waals surface area contributed by atoms with Crippen LogP contribution < -0.4 is 5.32 Å². The van der Waals surface area contributed by atoms with Crippen molar-refractivity contribution in [2.45, 2.75) is 82.0 Å². The maximum Gasteiger partial charge on any atom is 0.407 e. The number of nitrogens with zero attached hydrogens (tertiary/aromatic N) is 1. The van der Waals surface area contributed by atoms with Crippen molar-refractivity contribution in [3.8, 4) is 0 Å². The van der Waals surface area contributed by atoms with Crippen molar-refractivity contribution in [3.05, 3.63) is 65.2 Å². The molecule has 0 saturated carbocycles. The van der Waals surface area contributed by atoms with Crippen LogP contribution in [-0.2, 0) is 30.7 Å². The van der Waals surface area contributed by atoms with Gasteiger partial charge in [-0.25, -0.2) is 22.0 Å². The van der Waals surface area contributed by atoms with Gasteiger partial charge in [-0.05, 0) is 61.1 Å². The maximum atomic E-state index is 14.0. The average Bonchev–Trinajstić information content (AvgIpc) is 3.59. The molecule has 6 atom stereocenters. The van der Waals surface area contributed by atoms with Gasteiger partial charge in [0.2, 0.25) is 10.0 Å². The zero-order valence-corrected chi connectivity index (χ0v) is 26.0. The smallest absolute Gasteiger partial charge is 0.407 e. The molecule has 2 heterocycles. The second-order valence-electron chi connectivity index (χ2n) is 11.5. The zero-order chi connectivity index (χ0) is 32.0. The van der Waals surface area contributed by atoms with Gasteiger partial charge in [0.05, 0.1) is 42.3 Å². The Morgan fingerprint density at radius 2 is 1.73 bits per heavy atom. The number of rotatable bonds is 14. The van der Waals surface area contributed by atoms with Gasteiger partial charge in [0.15, 0.2) is 6.29 Å². The van der Waals surface area contributed by atoms with E-state index in [1.54, 1.807) is 6.92 Å². The van der Waals surface area contributed by atoms with Gasteiger partial charge >= 0.3 is 6.09 Å². The first-order valence-corrected chi connectivity index (χ1v) is 16.5. The molecule has 3 N–H and O–H groups in total. The van der Waals surface area contributed by atoms with Gasteiger partial charge < -0.3 is 29.7 Å². The third-order valence-corrected chi connectivity index (χ3v) is 10.2. The number of hydrogen-bond donors (Lipinski definition) is 3. The van der Waals surface area contributed by atoms with E-state index in [2.05, 4.69) is 5.32 Å². The standard InChI is InChI=1S/C31H42F2N2O8S/c1-4-20(5-2)16-35(44(39,40)25-8-6-22(7-9-25)19(3)36)17-28(37)27(14-21-12-23(32)15-24(33)13-21)34-31(38)43-29-18-42-30-26(29)10-11-41-30/h6-9,12-13,15,19-20,26-30,36-37H,4-5,10-11,14,16-18H2,1-3H3,(H,34,38)/t19-,26+,27+,28-,29+,30-/m1/s1. The van der Waals surface area contributed by atoms with Crippen LogP contribution in [0.1, 0.15) is 57.3 Å². The highest BCUT2D eigenvalue weighted by Gasteiger charge is 2.44. The van der Waals surface area contributed by atoms with E-state index in [1.807, 2.05) is 13.8 Å². The lowest BCUT2D eigenvalue weighted by molar-refractivity contribution is -0.0907. The van der Waals surface area contributed by atoms with Crippen LogP contribution >= 0.6 is 0 Å². The summed E-state index contributed by atoms with van der Waals surface area (Å²) in [5, 5.41) is 23.9. The number of fused-ring (bicyclic) bond motifs is 1. The number of aliphatic hydroxyl groups excluding tert-OH is 2. The molecular formula is C31H42F2N2O8S. The largest absolute Gasteiger partial charge is 0.443 e. The highest BCUT2D eigenvalue weighted by atomic mass is 32.2. The monoisotopic (exact) mass is 640 g/mol. The second-order valence-corrected chi connectivity index (χ2v) is 13.5. The predicted octanol–water partition coefficient (Wildman–Crippen LogP) is 3.90. The quantitative estimate of drug-likeness (QED) is 0.283. The van der Waals surface area contributed by atoms with Gasteiger partial charge in [-0.3, -0.25) is 0 Å². The highest BCUT2D eigenvalue weighted by molar-refractivity contribution is 7.89. The van der Waals surface area contributed by atoms with Crippen molar-refractivity contribution in [2.24, 2.45) is 11.8 Å². The van der Waals surface area contributed by atoms with E-state index in [-0.39, 0.29) is 41.9 Å². The Balaban J connectivity index is 1.58. The number of sulfonamides is 1. The fourth-order valence-corrected chi connectivity index (χ4v) is 7.18. The van der Waals surface area contributed by atoms with Crippen LogP contribution in [-0.4, -0.2) is 79.9 Å². The maximum absolute atomic E-state index is 14.0. The lowest BCUT2D eigenvalue weighted by atomic mass is 10.00. The van der Waals surface area contributed by atoms with Crippen LogP contribution in [0.25, 0.3) is 0 Å². The molecule has 0 radical (unpaired) electrons. The number of hydrogen-bond acceptors (Lipinski definition) is 8. The second kappa shape index (κ2) is 15.1. The molecule has 2 aliphatic heterocycles. The van der Waals surface area contributed by atoms with Crippen molar-refractivity contribution in [1.29, 1.82) is 0 Å². The number of nitrogens with one attached hydrogen (secondary N) is 1. The topological polar surface area (TPSA) is 135 Å². The van der Waals surface area contributed by atoms with Crippen molar-refractivity contribution in [2.75, 3.05) is 26.3 Å². The molecule has 1 amide bonds. The minimum Gasteiger partial charge on any atom is -0.443 e. The molecule has 2 aromatic rings. The predicted molar refractivity (Wildman–Crippen MR) is 157 cm³/mol. The van der Waals surface area contributed by atoms with Gasteiger partial charge in [-0.2, -0.15) is 4.31 Å². The molecule has 4 rings (SSSR count). The van der Waals surface area contributed by atoms with E-state index in [0.717, 1.165) is 12.1 Å². The van der Waals surface area contributed by atoms with Crippen molar-refractivity contribution in [1.82, 2.24) is 9.62 Å². The fourth-order valence-electron chi connectivity index (χ4n) is 5.65. The first kappa shape index (κ1) is 34.2. The summed E-state index contributed by atoms with van der Waals surface area (Å²) in [5.74, 6) is -1.82. The number of aliphatic hydroxyl groups is 2. The summed E-state index contributed by atoms with van der Waals surface area (Å²) in [6.45, 7) is 5.76. The first-order chi connectivity index (χ1) is 20.9. The SMILES string of the molecule is CCC(CC)CN(C[C@@H](O)[C@H](Cc1cc(F)cc(F)c1)NC(=O)O[C@H]1CO[C@H]2OCC[C@H]21)S(=O)(=O)c1ccc([C@@H](C)O)cc1. The molecule has 0 unspecified atom stereocenters. The number of benzene rings is 2. The average molecular weight is 641 g/mol. The van der Waals surface area contributed by atoms with Crippen LogP contribution in [0.3, 0.4) is 0 Å². The fraction of sp³-hybridized carbons (Fsp3) is 0.581. The molecule has 0 aliphatic carbocycles. The molecule has 0 bridgehead atoms. The van der Waals surface area contributed by atoms with E-state index in [1.165, 1.54) is 28.6 Å². The Hall–Kier alpha value is -2.68. The first-order valence-electron chi connectivity index (χ1n) is 15.0. The summed E-state index contributed by atoms with van der Waals surface area (Å²) in [6, 6.07) is 7.56. The van der Waals surface area contributed by atoms with E-state index >= 15 is 0 Å². The third kappa shape index (κ3) is 8.52. The lowest BCUT2D eigenvalue weighted by Gasteiger charge is -2.32. The van der Waals surface area contributed by atoms with E-state index in [0.29, 0.717) is 37.5 Å². The molecule has 13 heteroatoms. The van der Waals surface area contributed by atoms with Crippen molar-refractivity contribution in [3.63, 3.8) is 0 Å². The number of carbonyl (C=O) groups excluding carboxylic acids is 1. The van der Waals surface area contributed by atoms with Gasteiger partial charge in [-0.15, -0.1) is 0 Å². The molecule has 2 saturated heterocycles. The Bertz CT molecular complexity index is 1340. The Morgan fingerprint density at radius 3 is 2.34 bits per heavy atom. The van der Waals surface area contributed by atoms with Crippen LogP contribution in [0.2, 0.25) is 0 Å². The van der Waals surface area contributed by atoms with Gasteiger partial charge in [0, 0.05) is 19.2 Å². The molecule has 244 valence electrons. The minimum absolute atomic E-state index is 0.0219. The number of ether oxygens (including phenoxy) is 3. The number of amides is 1. The Morgan fingerprint density at radius 1 is 1.07 bits per heavy atom. The van der Waals surface area contributed by atoms with Crippen LogP contribution in [0.15, 0.2) is 47.4 Å². The lowest BCUT2D eigenvalue weighted by Crippen LogP contribution is -2.52. The van der Waals surface area contributed by atoms with E-state index in [9.17, 15) is 32.2 Å². The van der Waals surface area contributed by atoms with Crippen LogP contribution in [0.4, 0.5) is 13.6 Å². The normalized spacial score (nSPS) is 22.2. The minimum atomic E-state index is -4.13. The van der Waals surface area contributed by atoms with Gasteiger partial charge in [0.1, 0.15) is 17.7 Å². The summed E-state index contributed by atoms with van der Waals surface area (Å²) in [4.78, 5) is 13.0. The van der Waals surface area contributed by atoms with Crippen molar-refractivity contribution < 1.29 is 46.4 Å². The van der Waals surface area contributed by atoms with Gasteiger partial charge in [-0.1, -0.05) is 38.8 Å². The summed E-state index contributed by atoms with van der Waals surface area (Å²) < 4.78 is 73.6. The Labute approximate surface area is 257 Å². The molecule has 0 aromatic heterocycles. The van der Waals surface area contributed by atoms with Gasteiger partial charge in [0.25, 0.3) is 0 Å². The molecule has 10 nitrogen and oxygen atoms in total. The molecule has 2 fully saturated rings. The Kier molecular flexibility index (Phi) is 11.7. The number of halogens is 2. The van der Waals surface area contributed by atoms with Crippen LogP contribution in [0.5, 0.6) is 0 Å². The molecular weight excluding hydrogens is 598 g/mol. The summed E-state index contributed by atoms with van der Waals surface area (Å²) in [7, 11) is -4.13. The van der Waals surface area contributed by atoms with Crippen molar-refractivity contribution >= 4 is 16.1 Å². The van der Waals surface area contributed by atoms with E-state index in [4.69, 9.17) is 14.2 Å². The molecule has 2 aliphatic rings.